The molecule has 4 rings (SSSR count). The third-order valence-electron chi connectivity index (χ3n) is 6.23. The minimum absolute atomic E-state index is 0.0890. The SMILES string of the molecule is COc1cc(OC)cc(C(=O)NC(C(=O)N2CCN(c3ncnc4c3cnn4C)CC2)C(C)C)c1. The fourth-order valence-corrected chi connectivity index (χ4v) is 4.21. The van der Waals surface area contributed by atoms with Crippen LogP contribution in [0.4, 0.5) is 5.82 Å². The zero-order valence-electron chi connectivity index (χ0n) is 20.7. The molecule has 11 heteroatoms. The van der Waals surface area contributed by atoms with Crippen molar-refractivity contribution in [3.63, 3.8) is 0 Å². The molecule has 0 bridgehead atoms. The molecule has 1 unspecified atom stereocenters. The molecule has 1 atom stereocenters. The zero-order valence-corrected chi connectivity index (χ0v) is 20.7. The number of piperazine rings is 1. The lowest BCUT2D eigenvalue weighted by atomic mass is 10.0. The van der Waals surface area contributed by atoms with E-state index in [-0.39, 0.29) is 17.7 Å². The monoisotopic (exact) mass is 481 g/mol. The standard InChI is InChI=1S/C24H31N7O4/c1-15(2)20(28-23(32)16-10-17(34-4)12-18(11-16)35-5)24(33)31-8-6-30(7-9-31)22-19-13-27-29(3)21(19)25-14-26-22/h10-15,20H,6-9H2,1-5H3,(H,28,32). The first-order chi connectivity index (χ1) is 16.8. The van der Waals surface area contributed by atoms with Gasteiger partial charge < -0.3 is 24.6 Å². The minimum atomic E-state index is -0.657. The lowest BCUT2D eigenvalue weighted by Gasteiger charge is -2.37. The Hall–Kier alpha value is -3.89. The molecule has 1 aliphatic rings. The average Bonchev–Trinajstić information content (AvgIpc) is 3.27. The number of aryl methyl sites for hydroxylation is 1. The summed E-state index contributed by atoms with van der Waals surface area (Å²) in [7, 11) is 4.90. The molecule has 0 aliphatic carbocycles. The van der Waals surface area contributed by atoms with E-state index in [4.69, 9.17) is 9.47 Å². The molecule has 2 amide bonds. The summed E-state index contributed by atoms with van der Waals surface area (Å²) in [5.41, 5.74) is 1.14. The van der Waals surface area contributed by atoms with Crippen molar-refractivity contribution in [2.45, 2.75) is 19.9 Å². The molecule has 0 spiro atoms. The topological polar surface area (TPSA) is 115 Å². The summed E-state index contributed by atoms with van der Waals surface area (Å²) in [6.45, 7) is 6.14. The second-order valence-corrected chi connectivity index (χ2v) is 8.81. The Morgan fingerprint density at radius 2 is 1.66 bits per heavy atom. The normalized spacial score (nSPS) is 14.8. The van der Waals surface area contributed by atoms with E-state index < -0.39 is 6.04 Å². The molecule has 1 aliphatic heterocycles. The molecule has 2 aromatic heterocycles. The van der Waals surface area contributed by atoms with Crippen molar-refractivity contribution < 1.29 is 19.1 Å². The third-order valence-corrected chi connectivity index (χ3v) is 6.23. The molecule has 0 radical (unpaired) electrons. The number of rotatable bonds is 7. The van der Waals surface area contributed by atoms with Gasteiger partial charge in [0.25, 0.3) is 5.91 Å². The van der Waals surface area contributed by atoms with E-state index in [9.17, 15) is 9.59 Å². The Balaban J connectivity index is 1.44. The van der Waals surface area contributed by atoms with Crippen molar-refractivity contribution in [3.8, 4) is 11.5 Å². The van der Waals surface area contributed by atoms with Crippen molar-refractivity contribution >= 4 is 28.7 Å². The number of fused-ring (bicyclic) bond motifs is 1. The molecule has 35 heavy (non-hydrogen) atoms. The number of hydrogen-bond acceptors (Lipinski definition) is 8. The predicted octanol–water partition coefficient (Wildman–Crippen LogP) is 1.48. The second-order valence-electron chi connectivity index (χ2n) is 8.81. The molecule has 186 valence electrons. The Labute approximate surface area is 204 Å². The van der Waals surface area contributed by atoms with Crippen LogP contribution < -0.4 is 19.7 Å². The van der Waals surface area contributed by atoms with Crippen LogP contribution in [0.3, 0.4) is 0 Å². The summed E-state index contributed by atoms with van der Waals surface area (Å²) >= 11 is 0. The summed E-state index contributed by atoms with van der Waals surface area (Å²) in [4.78, 5) is 39.1. The summed E-state index contributed by atoms with van der Waals surface area (Å²) in [5, 5.41) is 8.08. The lowest BCUT2D eigenvalue weighted by molar-refractivity contribution is -0.134. The average molecular weight is 482 g/mol. The van der Waals surface area contributed by atoms with Gasteiger partial charge in [0, 0.05) is 44.9 Å². The van der Waals surface area contributed by atoms with E-state index in [0.29, 0.717) is 43.2 Å². The Morgan fingerprint density at radius 1 is 1.00 bits per heavy atom. The summed E-state index contributed by atoms with van der Waals surface area (Å²) in [6.07, 6.45) is 3.30. The number of anilines is 1. The van der Waals surface area contributed by atoms with Crippen LogP contribution in [0.2, 0.25) is 0 Å². The largest absolute Gasteiger partial charge is 0.497 e. The molecule has 1 saturated heterocycles. The number of amides is 2. The van der Waals surface area contributed by atoms with Crippen molar-refractivity contribution in [2.75, 3.05) is 45.3 Å². The number of nitrogens with one attached hydrogen (secondary N) is 1. The van der Waals surface area contributed by atoms with Crippen LogP contribution in [0, 0.1) is 5.92 Å². The zero-order chi connectivity index (χ0) is 25.1. The minimum Gasteiger partial charge on any atom is -0.497 e. The third kappa shape index (κ3) is 4.98. The summed E-state index contributed by atoms with van der Waals surface area (Å²) < 4.78 is 12.2. The van der Waals surface area contributed by atoms with Crippen LogP contribution in [-0.2, 0) is 11.8 Å². The maximum absolute atomic E-state index is 13.4. The van der Waals surface area contributed by atoms with Gasteiger partial charge in [0.05, 0.1) is 25.8 Å². The first-order valence-corrected chi connectivity index (χ1v) is 11.5. The molecule has 3 aromatic rings. The number of carbonyl (C=O) groups is 2. The van der Waals surface area contributed by atoms with E-state index in [1.165, 1.54) is 20.5 Å². The maximum atomic E-state index is 13.4. The molecule has 1 fully saturated rings. The van der Waals surface area contributed by atoms with Gasteiger partial charge >= 0.3 is 0 Å². The van der Waals surface area contributed by atoms with Gasteiger partial charge in [0.1, 0.15) is 29.7 Å². The van der Waals surface area contributed by atoms with Crippen molar-refractivity contribution in [1.29, 1.82) is 0 Å². The van der Waals surface area contributed by atoms with Crippen LogP contribution in [0.25, 0.3) is 11.0 Å². The number of carbonyl (C=O) groups excluding carboxylic acids is 2. The van der Waals surface area contributed by atoms with Gasteiger partial charge in [-0.25, -0.2) is 9.97 Å². The molecular weight excluding hydrogens is 450 g/mol. The highest BCUT2D eigenvalue weighted by molar-refractivity contribution is 5.98. The molecule has 1 aromatic carbocycles. The summed E-state index contributed by atoms with van der Waals surface area (Å²) in [6, 6.07) is 4.28. The number of benzene rings is 1. The lowest BCUT2D eigenvalue weighted by Crippen LogP contribution is -2.56. The highest BCUT2D eigenvalue weighted by atomic mass is 16.5. The highest BCUT2D eigenvalue weighted by Crippen LogP contribution is 2.25. The van der Waals surface area contributed by atoms with E-state index in [1.54, 1.807) is 34.0 Å². The summed E-state index contributed by atoms with van der Waals surface area (Å²) in [5.74, 6) is 1.28. The fourth-order valence-electron chi connectivity index (χ4n) is 4.21. The first-order valence-electron chi connectivity index (χ1n) is 11.5. The molecule has 1 N–H and O–H groups in total. The van der Waals surface area contributed by atoms with Crippen LogP contribution in [0.1, 0.15) is 24.2 Å². The van der Waals surface area contributed by atoms with Crippen LogP contribution in [0.15, 0.2) is 30.7 Å². The van der Waals surface area contributed by atoms with Crippen molar-refractivity contribution in [3.05, 3.63) is 36.3 Å². The van der Waals surface area contributed by atoms with Gasteiger partial charge in [-0.3, -0.25) is 14.3 Å². The van der Waals surface area contributed by atoms with Gasteiger partial charge in [-0.15, -0.1) is 0 Å². The molecule has 0 saturated carbocycles. The Kier molecular flexibility index (Phi) is 7.04. The van der Waals surface area contributed by atoms with E-state index >= 15 is 0 Å². The van der Waals surface area contributed by atoms with E-state index in [1.807, 2.05) is 20.9 Å². The quantitative estimate of drug-likeness (QED) is 0.540. The number of methoxy groups -OCH3 is 2. The van der Waals surface area contributed by atoms with Crippen LogP contribution in [0.5, 0.6) is 11.5 Å². The van der Waals surface area contributed by atoms with Gasteiger partial charge in [0.15, 0.2) is 5.65 Å². The van der Waals surface area contributed by atoms with Gasteiger partial charge in [-0.2, -0.15) is 5.10 Å². The number of ether oxygens (including phenoxy) is 2. The fraction of sp³-hybridized carbons (Fsp3) is 0.458. The van der Waals surface area contributed by atoms with E-state index in [2.05, 4.69) is 25.3 Å². The maximum Gasteiger partial charge on any atom is 0.252 e. The van der Waals surface area contributed by atoms with E-state index in [0.717, 1.165) is 16.9 Å². The number of nitrogens with zero attached hydrogens (tertiary/aromatic N) is 6. The molecule has 3 heterocycles. The first kappa shape index (κ1) is 24.2. The number of hydrogen-bond donors (Lipinski definition) is 1. The Morgan fingerprint density at radius 3 is 2.26 bits per heavy atom. The Bertz CT molecular complexity index is 1200. The van der Waals surface area contributed by atoms with Crippen LogP contribution in [-0.4, -0.2) is 82.9 Å². The predicted molar refractivity (Wildman–Crippen MR) is 131 cm³/mol. The highest BCUT2D eigenvalue weighted by Gasteiger charge is 2.32. The second kappa shape index (κ2) is 10.2. The van der Waals surface area contributed by atoms with Gasteiger partial charge in [0.2, 0.25) is 5.91 Å². The van der Waals surface area contributed by atoms with Crippen molar-refractivity contribution in [1.82, 2.24) is 30.0 Å². The van der Waals surface area contributed by atoms with Gasteiger partial charge in [-0.05, 0) is 18.1 Å². The number of aromatic nitrogens is 4. The smallest absolute Gasteiger partial charge is 0.252 e. The van der Waals surface area contributed by atoms with Crippen LogP contribution >= 0.6 is 0 Å². The molecule has 11 nitrogen and oxygen atoms in total. The van der Waals surface area contributed by atoms with Gasteiger partial charge in [-0.1, -0.05) is 13.8 Å². The van der Waals surface area contributed by atoms with Crippen molar-refractivity contribution in [2.24, 2.45) is 13.0 Å². The molecular formula is C24H31N7O4.